The van der Waals surface area contributed by atoms with Crippen molar-refractivity contribution in [2.24, 2.45) is 5.73 Å². The van der Waals surface area contributed by atoms with Crippen molar-refractivity contribution in [2.45, 2.75) is 18.9 Å². The van der Waals surface area contributed by atoms with Crippen LogP contribution in [0.3, 0.4) is 0 Å². The summed E-state index contributed by atoms with van der Waals surface area (Å²) in [6, 6.07) is 6.14. The minimum absolute atomic E-state index is 0.164. The molecule has 3 amide bonds. The molecule has 4 N–H and O–H groups in total. The second-order valence-electron chi connectivity index (χ2n) is 5.55. The summed E-state index contributed by atoms with van der Waals surface area (Å²) in [7, 11) is 0. The summed E-state index contributed by atoms with van der Waals surface area (Å²) in [5.74, 6) is 0.0519. The van der Waals surface area contributed by atoms with Gasteiger partial charge in [0, 0.05) is 21.6 Å². The Kier molecular flexibility index (Phi) is 5.38. The Morgan fingerprint density at radius 3 is 2.65 bits per heavy atom. The van der Waals surface area contributed by atoms with Gasteiger partial charge in [0.2, 0.25) is 5.91 Å². The molecule has 134 valence electrons. The van der Waals surface area contributed by atoms with Gasteiger partial charge >= 0.3 is 6.03 Å². The molecule has 0 saturated heterocycles. The van der Waals surface area contributed by atoms with Crippen molar-refractivity contribution in [2.75, 3.05) is 16.4 Å². The van der Waals surface area contributed by atoms with Gasteiger partial charge in [0.05, 0.1) is 5.75 Å². The van der Waals surface area contributed by atoms with Crippen LogP contribution in [0.2, 0.25) is 0 Å². The molecule has 0 saturated carbocycles. The number of hydrogen-bond donors (Lipinski definition) is 3. The summed E-state index contributed by atoms with van der Waals surface area (Å²) < 4.78 is 0. The number of aryl methyl sites for hydroxylation is 2. The second kappa shape index (κ2) is 7.71. The average Bonchev–Trinajstić information content (AvgIpc) is 2.88. The van der Waals surface area contributed by atoms with Crippen molar-refractivity contribution in [3.8, 4) is 0 Å². The summed E-state index contributed by atoms with van der Waals surface area (Å²) in [4.78, 5) is 33.9. The van der Waals surface area contributed by atoms with E-state index in [9.17, 15) is 9.59 Å². The first-order chi connectivity index (χ1) is 12.4. The Balaban J connectivity index is 1.67. The number of primary amides is 1. The number of thioether (sulfide) groups is 1. The smallest absolute Gasteiger partial charge is 0.316 e. The van der Waals surface area contributed by atoms with Crippen LogP contribution in [0.1, 0.15) is 10.4 Å². The van der Waals surface area contributed by atoms with E-state index >= 15 is 0 Å². The van der Waals surface area contributed by atoms with Crippen LogP contribution in [0, 0.1) is 13.8 Å². The molecule has 2 heterocycles. The lowest BCUT2D eigenvalue weighted by Crippen LogP contribution is -2.19. The van der Waals surface area contributed by atoms with E-state index in [1.54, 1.807) is 35.6 Å². The Morgan fingerprint density at radius 1 is 1.19 bits per heavy atom. The first-order valence-electron chi connectivity index (χ1n) is 7.74. The molecule has 0 aliphatic rings. The maximum absolute atomic E-state index is 12.3. The number of thiophene rings is 1. The number of hydrogen-bond acceptors (Lipinski definition) is 6. The van der Waals surface area contributed by atoms with Crippen molar-refractivity contribution in [3.63, 3.8) is 0 Å². The molecular formula is C17H17N5O2S2. The highest BCUT2D eigenvalue weighted by Gasteiger charge is 2.14. The van der Waals surface area contributed by atoms with Gasteiger partial charge in [-0.05, 0) is 37.6 Å². The number of carbonyl (C=O) groups is 2. The zero-order chi connectivity index (χ0) is 18.7. The van der Waals surface area contributed by atoms with E-state index in [4.69, 9.17) is 5.73 Å². The highest BCUT2D eigenvalue weighted by Crippen LogP contribution is 2.34. The van der Waals surface area contributed by atoms with Crippen molar-refractivity contribution in [1.82, 2.24) is 9.97 Å². The summed E-state index contributed by atoms with van der Waals surface area (Å²) in [5.41, 5.74) is 7.35. The van der Waals surface area contributed by atoms with Crippen molar-refractivity contribution < 1.29 is 9.59 Å². The van der Waals surface area contributed by atoms with Crippen LogP contribution in [0.15, 0.2) is 35.6 Å². The van der Waals surface area contributed by atoms with Crippen molar-refractivity contribution in [1.29, 1.82) is 0 Å². The van der Waals surface area contributed by atoms with Gasteiger partial charge in [0.25, 0.3) is 0 Å². The number of nitrogens with two attached hydrogens (primary N) is 1. The quantitative estimate of drug-likeness (QED) is 0.458. The zero-order valence-corrected chi connectivity index (χ0v) is 15.8. The number of benzene rings is 1. The van der Waals surface area contributed by atoms with Crippen LogP contribution in [0.5, 0.6) is 0 Å². The summed E-state index contributed by atoms with van der Waals surface area (Å²) in [5, 5.41) is 7.09. The molecule has 0 radical (unpaired) electrons. The van der Waals surface area contributed by atoms with E-state index in [2.05, 4.69) is 27.5 Å². The maximum Gasteiger partial charge on any atom is 0.316 e. The minimum atomic E-state index is -0.654. The molecule has 0 spiro atoms. The Morgan fingerprint density at radius 2 is 1.92 bits per heavy atom. The molecule has 0 fully saturated rings. The summed E-state index contributed by atoms with van der Waals surface area (Å²) in [6.45, 7) is 4.09. The molecule has 9 heteroatoms. The molecule has 3 aromatic rings. The lowest BCUT2D eigenvalue weighted by molar-refractivity contribution is -0.113. The van der Waals surface area contributed by atoms with Gasteiger partial charge in [-0.25, -0.2) is 14.8 Å². The van der Waals surface area contributed by atoms with E-state index in [1.807, 2.05) is 6.92 Å². The average molecular weight is 387 g/mol. The monoisotopic (exact) mass is 387 g/mol. The van der Waals surface area contributed by atoms with E-state index in [0.29, 0.717) is 11.4 Å². The van der Waals surface area contributed by atoms with Gasteiger partial charge in [-0.1, -0.05) is 17.8 Å². The van der Waals surface area contributed by atoms with E-state index in [-0.39, 0.29) is 11.7 Å². The number of anilines is 2. The SMILES string of the molecule is Cc1sc2ncnc(SCC(=O)Nc3cccc(NC(N)=O)c3)c2c1C. The number of nitrogens with one attached hydrogen (secondary N) is 2. The first kappa shape index (κ1) is 18.2. The third-order valence-corrected chi connectivity index (χ3v) is 5.79. The number of fused-ring (bicyclic) bond motifs is 1. The van der Waals surface area contributed by atoms with Crippen LogP contribution in [0.25, 0.3) is 10.2 Å². The molecule has 1 aromatic carbocycles. The molecule has 0 bridgehead atoms. The number of nitrogens with zero attached hydrogens (tertiary/aromatic N) is 2. The fraction of sp³-hybridized carbons (Fsp3) is 0.176. The Hall–Kier alpha value is -2.65. The van der Waals surface area contributed by atoms with Gasteiger partial charge in [0.1, 0.15) is 16.2 Å². The van der Waals surface area contributed by atoms with Gasteiger partial charge < -0.3 is 16.4 Å². The molecule has 0 unspecified atom stereocenters. The van der Waals surface area contributed by atoms with E-state index in [1.165, 1.54) is 23.0 Å². The zero-order valence-electron chi connectivity index (χ0n) is 14.2. The van der Waals surface area contributed by atoms with Gasteiger partial charge in [-0.15, -0.1) is 11.3 Å². The lowest BCUT2D eigenvalue weighted by atomic mass is 10.2. The van der Waals surface area contributed by atoms with Crippen LogP contribution < -0.4 is 16.4 Å². The Bertz CT molecular complexity index is 986. The highest BCUT2D eigenvalue weighted by atomic mass is 32.2. The predicted octanol–water partition coefficient (Wildman–Crippen LogP) is 3.53. The van der Waals surface area contributed by atoms with Gasteiger partial charge in [0.15, 0.2) is 0 Å². The summed E-state index contributed by atoms with van der Waals surface area (Å²) in [6.07, 6.45) is 1.52. The van der Waals surface area contributed by atoms with Crippen LogP contribution >= 0.6 is 23.1 Å². The van der Waals surface area contributed by atoms with Crippen molar-refractivity contribution in [3.05, 3.63) is 41.0 Å². The lowest BCUT2D eigenvalue weighted by Gasteiger charge is -2.08. The third kappa shape index (κ3) is 4.12. The number of rotatable bonds is 5. The minimum Gasteiger partial charge on any atom is -0.351 e. The standard InChI is InChI=1S/C17H17N5O2S2/c1-9-10(2)26-16-14(9)15(19-8-20-16)25-7-13(23)21-11-4-3-5-12(6-11)22-17(18)24/h3-6,8H,7H2,1-2H3,(H,21,23)(H3,18,22,24). The molecule has 0 aliphatic heterocycles. The molecular weight excluding hydrogens is 370 g/mol. The van der Waals surface area contributed by atoms with Gasteiger partial charge in [-0.3, -0.25) is 4.79 Å². The fourth-order valence-corrected chi connectivity index (χ4v) is 4.32. The molecule has 2 aromatic heterocycles. The number of aromatic nitrogens is 2. The number of urea groups is 1. The second-order valence-corrected chi connectivity index (χ2v) is 7.72. The highest BCUT2D eigenvalue weighted by molar-refractivity contribution is 8.00. The van der Waals surface area contributed by atoms with Crippen LogP contribution in [-0.2, 0) is 4.79 Å². The Labute approximate surface area is 158 Å². The molecule has 7 nitrogen and oxygen atoms in total. The van der Waals surface area contributed by atoms with Crippen LogP contribution in [0.4, 0.5) is 16.2 Å². The molecule has 26 heavy (non-hydrogen) atoms. The largest absolute Gasteiger partial charge is 0.351 e. The fourth-order valence-electron chi connectivity index (χ4n) is 2.41. The number of amides is 3. The van der Waals surface area contributed by atoms with E-state index in [0.717, 1.165) is 20.8 Å². The normalized spacial score (nSPS) is 10.7. The first-order valence-corrected chi connectivity index (χ1v) is 9.54. The summed E-state index contributed by atoms with van der Waals surface area (Å²) >= 11 is 3.00. The number of carbonyl (C=O) groups excluding carboxylic acids is 2. The molecule has 3 rings (SSSR count). The topological polar surface area (TPSA) is 110 Å². The predicted molar refractivity (Wildman–Crippen MR) is 106 cm³/mol. The van der Waals surface area contributed by atoms with Crippen LogP contribution in [-0.4, -0.2) is 27.7 Å². The third-order valence-electron chi connectivity index (χ3n) is 3.68. The van der Waals surface area contributed by atoms with Gasteiger partial charge in [-0.2, -0.15) is 0 Å². The van der Waals surface area contributed by atoms with E-state index < -0.39 is 6.03 Å². The maximum atomic E-state index is 12.3. The molecule has 0 atom stereocenters. The van der Waals surface area contributed by atoms with Crippen molar-refractivity contribution >= 4 is 56.6 Å². The molecule has 0 aliphatic carbocycles.